The zero-order valence-corrected chi connectivity index (χ0v) is 24.4. The van der Waals surface area contributed by atoms with Gasteiger partial charge in [0.2, 0.25) is 0 Å². The highest BCUT2D eigenvalue weighted by molar-refractivity contribution is 5.57. The summed E-state index contributed by atoms with van der Waals surface area (Å²) in [7, 11) is 0. The van der Waals surface area contributed by atoms with Crippen molar-refractivity contribution in [2.75, 3.05) is 0 Å². The molecule has 2 heteroatoms. The van der Waals surface area contributed by atoms with E-state index in [-0.39, 0.29) is 11.3 Å². The van der Waals surface area contributed by atoms with E-state index < -0.39 is 5.60 Å². The van der Waals surface area contributed by atoms with Crippen LogP contribution in [0.5, 0.6) is 0 Å². The first-order valence-corrected chi connectivity index (χ1v) is 15.8. The maximum absolute atomic E-state index is 12.5. The highest BCUT2D eigenvalue weighted by Gasteiger charge is 2.63. The standard InChI is InChI=1S/C35H54O2/c1-24(2)10-9-11-25(3)30-16-17-31-29-15-14-27-22-35(37,20-26-12-7-6-8-13-26)28(23-36)21-34(27,5)32(29)18-19-33(30,31)4/h6-8,12-13,23-25,27-32,37H,9-11,14-22H2,1-5H3. The Balaban J connectivity index is 1.32. The van der Waals surface area contributed by atoms with Crippen LogP contribution in [-0.4, -0.2) is 17.0 Å². The topological polar surface area (TPSA) is 37.3 Å². The van der Waals surface area contributed by atoms with Crippen molar-refractivity contribution in [2.45, 2.75) is 117 Å². The molecule has 1 N–H and O–H groups in total. The zero-order valence-electron chi connectivity index (χ0n) is 24.4. The highest BCUT2D eigenvalue weighted by Crippen LogP contribution is 2.69. The monoisotopic (exact) mass is 506 g/mol. The van der Waals surface area contributed by atoms with Crippen LogP contribution in [0.3, 0.4) is 0 Å². The molecule has 0 spiro atoms. The summed E-state index contributed by atoms with van der Waals surface area (Å²) in [6, 6.07) is 10.3. The Morgan fingerprint density at radius 3 is 2.35 bits per heavy atom. The summed E-state index contributed by atoms with van der Waals surface area (Å²) in [4.78, 5) is 12.5. The normalized spacial score (nSPS) is 44.1. The molecule has 5 rings (SSSR count). The predicted octanol–water partition coefficient (Wildman–Crippen LogP) is 8.51. The van der Waals surface area contributed by atoms with Gasteiger partial charge in [0.15, 0.2) is 0 Å². The Hall–Kier alpha value is -1.15. The summed E-state index contributed by atoms with van der Waals surface area (Å²) in [5.74, 6) is 5.25. The van der Waals surface area contributed by atoms with Crippen molar-refractivity contribution in [3.8, 4) is 0 Å². The maximum atomic E-state index is 12.5. The van der Waals surface area contributed by atoms with E-state index in [2.05, 4.69) is 46.8 Å². The molecule has 10 unspecified atom stereocenters. The van der Waals surface area contributed by atoms with Gasteiger partial charge in [0.25, 0.3) is 0 Å². The number of carbonyl (C=O) groups excluding carboxylic acids is 1. The van der Waals surface area contributed by atoms with E-state index in [1.807, 2.05) is 18.2 Å². The van der Waals surface area contributed by atoms with Gasteiger partial charge in [-0.15, -0.1) is 0 Å². The summed E-state index contributed by atoms with van der Waals surface area (Å²) in [6.45, 7) is 12.5. The number of fused-ring (bicyclic) bond motifs is 5. The molecule has 0 aliphatic heterocycles. The predicted molar refractivity (Wildman–Crippen MR) is 153 cm³/mol. The lowest BCUT2D eigenvalue weighted by atomic mass is 9.42. The van der Waals surface area contributed by atoms with Crippen molar-refractivity contribution in [3.05, 3.63) is 35.9 Å². The minimum Gasteiger partial charge on any atom is -0.389 e. The molecule has 0 heterocycles. The largest absolute Gasteiger partial charge is 0.389 e. The number of hydrogen-bond donors (Lipinski definition) is 1. The van der Waals surface area contributed by atoms with Crippen LogP contribution in [0, 0.1) is 58.2 Å². The molecule has 0 radical (unpaired) electrons. The van der Waals surface area contributed by atoms with Gasteiger partial charge in [-0.1, -0.05) is 84.2 Å². The Morgan fingerprint density at radius 1 is 0.919 bits per heavy atom. The quantitative estimate of drug-likeness (QED) is 0.359. The Labute approximate surface area is 227 Å². The van der Waals surface area contributed by atoms with E-state index >= 15 is 0 Å². The van der Waals surface area contributed by atoms with Crippen LogP contribution >= 0.6 is 0 Å². The lowest BCUT2D eigenvalue weighted by Gasteiger charge is -2.63. The van der Waals surface area contributed by atoms with E-state index in [1.54, 1.807) is 0 Å². The number of benzene rings is 1. The number of carbonyl (C=O) groups is 1. The fourth-order valence-corrected chi connectivity index (χ4v) is 10.8. The van der Waals surface area contributed by atoms with Crippen molar-refractivity contribution in [2.24, 2.45) is 58.2 Å². The number of aldehydes is 1. The number of rotatable bonds is 8. The molecule has 4 fully saturated rings. The summed E-state index contributed by atoms with van der Waals surface area (Å²) in [6.07, 6.45) is 15.7. The average Bonchev–Trinajstić information content (AvgIpc) is 3.21. The van der Waals surface area contributed by atoms with Crippen LogP contribution in [0.4, 0.5) is 0 Å². The van der Waals surface area contributed by atoms with Crippen molar-refractivity contribution in [1.29, 1.82) is 0 Å². The third-order valence-corrected chi connectivity index (χ3v) is 12.7. The van der Waals surface area contributed by atoms with Crippen LogP contribution in [0.25, 0.3) is 0 Å². The molecule has 4 saturated carbocycles. The molecule has 4 aliphatic rings. The Morgan fingerprint density at radius 2 is 1.65 bits per heavy atom. The molecule has 2 nitrogen and oxygen atoms in total. The second-order valence-corrected chi connectivity index (χ2v) is 15.1. The van der Waals surface area contributed by atoms with Crippen molar-refractivity contribution < 1.29 is 9.90 Å². The van der Waals surface area contributed by atoms with E-state index in [4.69, 9.17) is 0 Å². The summed E-state index contributed by atoms with van der Waals surface area (Å²) in [5.41, 5.74) is 0.962. The molecule has 0 saturated heterocycles. The summed E-state index contributed by atoms with van der Waals surface area (Å²) < 4.78 is 0. The number of aliphatic hydroxyl groups is 1. The Kier molecular flexibility index (Phi) is 7.74. The van der Waals surface area contributed by atoms with Crippen LogP contribution in [0.15, 0.2) is 30.3 Å². The second kappa shape index (κ2) is 10.4. The van der Waals surface area contributed by atoms with Gasteiger partial charge in [-0.2, -0.15) is 0 Å². The van der Waals surface area contributed by atoms with Crippen molar-refractivity contribution >= 4 is 6.29 Å². The fourth-order valence-electron chi connectivity index (χ4n) is 10.8. The van der Waals surface area contributed by atoms with Crippen LogP contribution in [0.2, 0.25) is 0 Å². The average molecular weight is 507 g/mol. The van der Waals surface area contributed by atoms with E-state index in [9.17, 15) is 9.90 Å². The molecule has 206 valence electrons. The first kappa shape index (κ1) is 27.4. The molecule has 0 bridgehead atoms. The maximum Gasteiger partial charge on any atom is 0.125 e. The molecule has 1 aromatic rings. The van der Waals surface area contributed by atoms with Crippen LogP contribution in [0.1, 0.15) is 111 Å². The van der Waals surface area contributed by atoms with E-state index in [1.165, 1.54) is 57.8 Å². The van der Waals surface area contributed by atoms with Gasteiger partial charge in [0, 0.05) is 12.3 Å². The highest BCUT2D eigenvalue weighted by atomic mass is 16.3. The van der Waals surface area contributed by atoms with Gasteiger partial charge in [0.05, 0.1) is 5.60 Å². The molecule has 37 heavy (non-hydrogen) atoms. The van der Waals surface area contributed by atoms with Gasteiger partial charge in [-0.3, -0.25) is 0 Å². The molecular formula is C35H54O2. The zero-order chi connectivity index (χ0) is 26.4. The van der Waals surface area contributed by atoms with E-state index in [0.29, 0.717) is 17.8 Å². The smallest absolute Gasteiger partial charge is 0.125 e. The Bertz CT molecular complexity index is 924. The lowest BCUT2D eigenvalue weighted by Crippen LogP contribution is -2.59. The summed E-state index contributed by atoms with van der Waals surface area (Å²) in [5, 5.41) is 11.9. The minimum absolute atomic E-state index is 0.194. The first-order chi connectivity index (χ1) is 17.6. The van der Waals surface area contributed by atoms with Crippen LogP contribution < -0.4 is 0 Å². The van der Waals surface area contributed by atoms with Crippen molar-refractivity contribution in [3.63, 3.8) is 0 Å². The van der Waals surface area contributed by atoms with Gasteiger partial charge in [0.1, 0.15) is 6.29 Å². The second-order valence-electron chi connectivity index (χ2n) is 15.1. The SMILES string of the molecule is CC(C)CCCC(C)C1CCC2C3CCC4CC(O)(Cc5ccccc5)C(C=O)CC4(C)C3CCC12C. The third-order valence-electron chi connectivity index (χ3n) is 12.7. The molecule has 1 aromatic carbocycles. The minimum atomic E-state index is -0.896. The van der Waals surface area contributed by atoms with Gasteiger partial charge in [-0.25, -0.2) is 0 Å². The molecule has 10 atom stereocenters. The van der Waals surface area contributed by atoms with Gasteiger partial charge >= 0.3 is 0 Å². The third kappa shape index (κ3) is 4.87. The van der Waals surface area contributed by atoms with Crippen molar-refractivity contribution in [1.82, 2.24) is 0 Å². The van der Waals surface area contributed by atoms with Gasteiger partial charge in [-0.05, 0) is 109 Å². The van der Waals surface area contributed by atoms with E-state index in [0.717, 1.165) is 60.2 Å². The first-order valence-electron chi connectivity index (χ1n) is 15.8. The lowest BCUT2D eigenvalue weighted by molar-refractivity contribution is -0.176. The van der Waals surface area contributed by atoms with Gasteiger partial charge < -0.3 is 9.90 Å². The molecule has 0 amide bonds. The molecule has 4 aliphatic carbocycles. The summed E-state index contributed by atoms with van der Waals surface area (Å²) >= 11 is 0. The fraction of sp³-hybridized carbons (Fsp3) is 0.800. The van der Waals surface area contributed by atoms with Crippen LogP contribution in [-0.2, 0) is 11.2 Å². The molecular weight excluding hydrogens is 452 g/mol. The molecule has 0 aromatic heterocycles. The number of hydrogen-bond acceptors (Lipinski definition) is 2.